The zero-order chi connectivity index (χ0) is 21.7. The molecular weight excluding hydrogens is 376 g/mol. The van der Waals surface area contributed by atoms with Crippen molar-refractivity contribution in [2.45, 2.75) is 84.5 Å². The Bertz CT molecular complexity index is 482. The lowest BCUT2D eigenvalue weighted by Crippen LogP contribution is -2.25. The second kappa shape index (κ2) is 19.2. The van der Waals surface area contributed by atoms with Gasteiger partial charge in [0, 0.05) is 25.9 Å². The Labute approximate surface area is 174 Å². The summed E-state index contributed by atoms with van der Waals surface area (Å²) in [5.74, 6) is -1.36. The average Bonchev–Trinajstić information content (AvgIpc) is 2.71. The van der Waals surface area contributed by atoms with Gasteiger partial charge in [0.2, 0.25) is 11.8 Å². The number of esters is 2. The predicted molar refractivity (Wildman–Crippen MR) is 110 cm³/mol. The Morgan fingerprint density at radius 2 is 1.03 bits per heavy atom. The van der Waals surface area contributed by atoms with Gasteiger partial charge in [-0.15, -0.1) is 0 Å². The van der Waals surface area contributed by atoms with Crippen LogP contribution in [0.25, 0.3) is 0 Å². The highest BCUT2D eigenvalue weighted by molar-refractivity contribution is 5.81. The van der Waals surface area contributed by atoms with Crippen molar-refractivity contribution < 1.29 is 28.7 Å². The van der Waals surface area contributed by atoms with Crippen LogP contribution in [0.15, 0.2) is 0 Å². The van der Waals surface area contributed by atoms with Crippen LogP contribution in [0.4, 0.5) is 0 Å². The van der Waals surface area contributed by atoms with Crippen LogP contribution in [0, 0.1) is 0 Å². The molecule has 2 N–H and O–H groups in total. The van der Waals surface area contributed by atoms with E-state index in [1.807, 2.05) is 6.92 Å². The number of hydrogen-bond donors (Lipinski definition) is 2. The van der Waals surface area contributed by atoms with E-state index in [-0.39, 0.29) is 50.7 Å². The van der Waals surface area contributed by atoms with E-state index in [2.05, 4.69) is 17.6 Å². The van der Waals surface area contributed by atoms with Gasteiger partial charge in [-0.25, -0.2) is 0 Å². The standard InChI is InChI=1S/C21H38N2O6/c1-3-5-7-8-9-15-23-19(25)11-13-21(27)29-17-16-28-20(26)12-10-18(24)22-14-6-4-2/h3-17H2,1-2H3,(H,22,24)(H,23,25). The molecule has 0 aromatic carbocycles. The fourth-order valence-corrected chi connectivity index (χ4v) is 2.42. The van der Waals surface area contributed by atoms with Gasteiger partial charge in [0.25, 0.3) is 0 Å². The maximum atomic E-state index is 11.6. The maximum absolute atomic E-state index is 11.6. The van der Waals surface area contributed by atoms with Gasteiger partial charge < -0.3 is 20.1 Å². The van der Waals surface area contributed by atoms with Crippen LogP contribution < -0.4 is 10.6 Å². The molecule has 8 heteroatoms. The largest absolute Gasteiger partial charge is 0.462 e. The minimum absolute atomic E-state index is 0.00640. The summed E-state index contributed by atoms with van der Waals surface area (Å²) in [7, 11) is 0. The Kier molecular flexibility index (Phi) is 17.8. The van der Waals surface area contributed by atoms with Crippen LogP contribution in [0.5, 0.6) is 0 Å². The number of carbonyl (C=O) groups excluding carboxylic acids is 4. The van der Waals surface area contributed by atoms with Crippen molar-refractivity contribution in [3.63, 3.8) is 0 Å². The van der Waals surface area contributed by atoms with Crippen molar-refractivity contribution in [1.29, 1.82) is 0 Å². The van der Waals surface area contributed by atoms with Crippen LogP contribution in [0.2, 0.25) is 0 Å². The molecule has 0 aliphatic heterocycles. The van der Waals surface area contributed by atoms with Crippen molar-refractivity contribution in [2.24, 2.45) is 0 Å². The number of carbonyl (C=O) groups is 4. The van der Waals surface area contributed by atoms with Gasteiger partial charge in [0.05, 0.1) is 12.8 Å². The predicted octanol–water partition coefficient (Wildman–Crippen LogP) is 2.64. The molecule has 0 atom stereocenters. The van der Waals surface area contributed by atoms with E-state index in [0.717, 1.165) is 25.7 Å². The summed E-state index contributed by atoms with van der Waals surface area (Å²) in [6.45, 7) is 5.29. The van der Waals surface area contributed by atoms with E-state index >= 15 is 0 Å². The molecule has 0 rings (SSSR count). The first-order chi connectivity index (χ1) is 14.0. The summed E-state index contributed by atoms with van der Waals surface area (Å²) in [6.07, 6.45) is 7.66. The molecular formula is C21H38N2O6. The lowest BCUT2D eigenvalue weighted by molar-refractivity contribution is -0.153. The van der Waals surface area contributed by atoms with Crippen LogP contribution in [-0.4, -0.2) is 50.1 Å². The van der Waals surface area contributed by atoms with E-state index in [9.17, 15) is 19.2 Å². The minimum Gasteiger partial charge on any atom is -0.462 e. The highest BCUT2D eigenvalue weighted by Crippen LogP contribution is 2.01. The second-order valence-corrected chi connectivity index (χ2v) is 6.91. The van der Waals surface area contributed by atoms with Crippen molar-refractivity contribution in [2.75, 3.05) is 26.3 Å². The molecule has 0 radical (unpaired) electrons. The molecule has 0 bridgehead atoms. The molecule has 2 amide bonds. The van der Waals surface area contributed by atoms with Crippen molar-refractivity contribution >= 4 is 23.8 Å². The highest BCUT2D eigenvalue weighted by atomic mass is 16.6. The average molecular weight is 415 g/mol. The van der Waals surface area contributed by atoms with Crippen LogP contribution in [0.1, 0.15) is 84.5 Å². The number of ether oxygens (including phenoxy) is 2. The monoisotopic (exact) mass is 414 g/mol. The first-order valence-electron chi connectivity index (χ1n) is 10.8. The Hall–Kier alpha value is -2.12. The number of hydrogen-bond acceptors (Lipinski definition) is 6. The SMILES string of the molecule is CCCCCCCNC(=O)CCC(=O)OCCOC(=O)CCC(=O)NCCCC. The summed E-state index contributed by atoms with van der Waals surface area (Å²) in [5, 5.41) is 5.51. The maximum Gasteiger partial charge on any atom is 0.306 e. The van der Waals surface area contributed by atoms with E-state index in [1.54, 1.807) is 0 Å². The first kappa shape index (κ1) is 26.9. The Morgan fingerprint density at radius 3 is 1.52 bits per heavy atom. The van der Waals surface area contributed by atoms with Crippen molar-refractivity contribution in [3.8, 4) is 0 Å². The Morgan fingerprint density at radius 1 is 0.586 bits per heavy atom. The first-order valence-corrected chi connectivity index (χ1v) is 10.8. The topological polar surface area (TPSA) is 111 Å². The molecule has 0 spiro atoms. The third kappa shape index (κ3) is 19.0. The molecule has 168 valence electrons. The van der Waals surface area contributed by atoms with Gasteiger partial charge in [0.1, 0.15) is 13.2 Å². The second-order valence-electron chi connectivity index (χ2n) is 6.91. The zero-order valence-corrected chi connectivity index (χ0v) is 18.1. The van der Waals surface area contributed by atoms with Gasteiger partial charge in [-0.05, 0) is 12.8 Å². The molecule has 0 saturated carbocycles. The zero-order valence-electron chi connectivity index (χ0n) is 18.1. The lowest BCUT2D eigenvalue weighted by Gasteiger charge is -2.07. The molecule has 0 heterocycles. The Balaban J connectivity index is 3.57. The number of unbranched alkanes of at least 4 members (excludes halogenated alkanes) is 5. The number of rotatable bonds is 18. The third-order valence-corrected chi connectivity index (χ3v) is 4.18. The van der Waals surface area contributed by atoms with Gasteiger partial charge in [0.15, 0.2) is 0 Å². The number of amides is 2. The normalized spacial score (nSPS) is 10.3. The van der Waals surface area contributed by atoms with E-state index < -0.39 is 11.9 Å². The lowest BCUT2D eigenvalue weighted by atomic mass is 10.1. The van der Waals surface area contributed by atoms with Gasteiger partial charge >= 0.3 is 11.9 Å². The summed E-state index contributed by atoms with van der Waals surface area (Å²) in [6, 6.07) is 0. The summed E-state index contributed by atoms with van der Waals surface area (Å²) in [5.41, 5.74) is 0. The van der Waals surface area contributed by atoms with Gasteiger partial charge in [-0.1, -0.05) is 46.0 Å². The molecule has 0 aromatic heterocycles. The van der Waals surface area contributed by atoms with E-state index in [4.69, 9.17) is 9.47 Å². The van der Waals surface area contributed by atoms with Crippen LogP contribution >= 0.6 is 0 Å². The summed E-state index contributed by atoms with van der Waals surface area (Å²) >= 11 is 0. The van der Waals surface area contributed by atoms with Gasteiger partial charge in [-0.2, -0.15) is 0 Å². The summed E-state index contributed by atoms with van der Waals surface area (Å²) in [4.78, 5) is 46.2. The smallest absolute Gasteiger partial charge is 0.306 e. The molecule has 0 aromatic rings. The minimum atomic E-state index is -0.509. The van der Waals surface area contributed by atoms with Gasteiger partial charge in [-0.3, -0.25) is 19.2 Å². The molecule has 8 nitrogen and oxygen atoms in total. The van der Waals surface area contributed by atoms with E-state index in [0.29, 0.717) is 13.1 Å². The highest BCUT2D eigenvalue weighted by Gasteiger charge is 2.10. The quantitative estimate of drug-likeness (QED) is 0.263. The fraction of sp³-hybridized carbons (Fsp3) is 0.810. The third-order valence-electron chi connectivity index (χ3n) is 4.18. The van der Waals surface area contributed by atoms with E-state index in [1.165, 1.54) is 19.3 Å². The van der Waals surface area contributed by atoms with Crippen LogP contribution in [-0.2, 0) is 28.7 Å². The molecule has 0 fully saturated rings. The molecule has 0 saturated heterocycles. The molecule has 0 aliphatic rings. The van der Waals surface area contributed by atoms with Crippen molar-refractivity contribution in [1.82, 2.24) is 10.6 Å². The van der Waals surface area contributed by atoms with Crippen LogP contribution in [0.3, 0.4) is 0 Å². The number of nitrogens with one attached hydrogen (secondary N) is 2. The fourth-order valence-electron chi connectivity index (χ4n) is 2.42. The van der Waals surface area contributed by atoms with Crippen molar-refractivity contribution in [3.05, 3.63) is 0 Å². The molecule has 29 heavy (non-hydrogen) atoms. The molecule has 0 unspecified atom stereocenters. The summed E-state index contributed by atoms with van der Waals surface area (Å²) < 4.78 is 9.84. The molecule has 0 aliphatic carbocycles.